The molecule has 106 valence electrons. The Morgan fingerprint density at radius 1 is 1.10 bits per heavy atom. The van der Waals surface area contributed by atoms with Crippen LogP contribution in [0.5, 0.6) is 0 Å². The lowest BCUT2D eigenvalue weighted by atomic mass is 10.2. The van der Waals surface area contributed by atoms with Crippen molar-refractivity contribution in [3.8, 4) is 17.1 Å². The normalized spacial score (nSPS) is 10.6. The van der Waals surface area contributed by atoms with E-state index in [1.807, 2.05) is 35.0 Å². The van der Waals surface area contributed by atoms with Crippen LogP contribution in [0.25, 0.3) is 17.1 Å². The van der Waals surface area contributed by atoms with Crippen LogP contribution >= 0.6 is 11.6 Å². The van der Waals surface area contributed by atoms with Gasteiger partial charge in [-0.25, -0.2) is 4.98 Å². The number of nitrogens with one attached hydrogen (secondary N) is 1. The van der Waals surface area contributed by atoms with E-state index in [1.165, 1.54) is 0 Å². The molecule has 0 radical (unpaired) electrons. The number of nitrogens with two attached hydrogens (primary N) is 2. The number of rotatable bonds is 3. The van der Waals surface area contributed by atoms with Crippen LogP contribution in [-0.2, 0) is 0 Å². The lowest BCUT2D eigenvalue weighted by Crippen LogP contribution is -2.09. The predicted octanol–water partition coefficient (Wildman–Crippen LogP) is 2.46. The number of imidazole rings is 1. The number of hydrogen-bond acceptors (Lipinski definition) is 5. The van der Waals surface area contributed by atoms with Gasteiger partial charge in [0, 0.05) is 16.9 Å². The van der Waals surface area contributed by atoms with E-state index in [1.54, 1.807) is 18.6 Å². The van der Waals surface area contributed by atoms with Gasteiger partial charge in [0.1, 0.15) is 5.69 Å². The molecule has 3 rings (SSSR count). The van der Waals surface area contributed by atoms with Gasteiger partial charge in [0.05, 0.1) is 29.6 Å². The van der Waals surface area contributed by atoms with E-state index in [-0.39, 0.29) is 0 Å². The number of hydrogen-bond donors (Lipinski definition) is 3. The van der Waals surface area contributed by atoms with Crippen molar-refractivity contribution in [1.29, 1.82) is 0 Å². The second-order valence-corrected chi connectivity index (χ2v) is 4.88. The zero-order valence-corrected chi connectivity index (χ0v) is 11.7. The zero-order chi connectivity index (χ0) is 14.8. The van der Waals surface area contributed by atoms with Crippen LogP contribution in [0.4, 0.5) is 11.4 Å². The second-order valence-electron chi connectivity index (χ2n) is 4.44. The summed E-state index contributed by atoms with van der Waals surface area (Å²) in [6.45, 7) is 0. The largest absolute Gasteiger partial charge is 0.396 e. The maximum Gasteiger partial charge on any atom is 0.107 e. The average molecular weight is 301 g/mol. The van der Waals surface area contributed by atoms with Crippen LogP contribution in [0, 0.1) is 0 Å². The summed E-state index contributed by atoms with van der Waals surface area (Å²) in [6, 6.07) is 9.24. The molecule has 0 amide bonds. The summed E-state index contributed by atoms with van der Waals surface area (Å²) in [5, 5.41) is 0.693. The smallest absolute Gasteiger partial charge is 0.107 e. The minimum Gasteiger partial charge on any atom is -0.396 e. The van der Waals surface area contributed by atoms with Gasteiger partial charge in [0.2, 0.25) is 0 Å². The Hall–Kier alpha value is -2.57. The van der Waals surface area contributed by atoms with Crippen LogP contribution in [0.15, 0.2) is 49.1 Å². The highest BCUT2D eigenvalue weighted by Gasteiger charge is 2.07. The SMILES string of the molecule is NNc1cc(-c2cn(-c3ccc(Cl)cc3)cn2)ncc1N. The van der Waals surface area contributed by atoms with E-state index in [4.69, 9.17) is 23.2 Å². The van der Waals surface area contributed by atoms with Gasteiger partial charge in [-0.15, -0.1) is 0 Å². The first kappa shape index (κ1) is 13.4. The van der Waals surface area contributed by atoms with Crippen molar-refractivity contribution in [2.75, 3.05) is 11.2 Å². The number of anilines is 2. The zero-order valence-electron chi connectivity index (χ0n) is 11.0. The van der Waals surface area contributed by atoms with E-state index >= 15 is 0 Å². The Morgan fingerprint density at radius 3 is 2.57 bits per heavy atom. The molecule has 7 heteroatoms. The summed E-state index contributed by atoms with van der Waals surface area (Å²) < 4.78 is 1.89. The molecule has 0 aliphatic carbocycles. The Bertz CT molecular complexity index is 765. The van der Waals surface area contributed by atoms with Crippen LogP contribution < -0.4 is 17.0 Å². The first-order chi connectivity index (χ1) is 10.2. The lowest BCUT2D eigenvalue weighted by Gasteiger charge is -2.05. The minimum absolute atomic E-state index is 0.485. The van der Waals surface area contributed by atoms with E-state index in [2.05, 4.69) is 15.4 Å². The number of nitrogen functional groups attached to an aromatic ring is 2. The molecule has 5 N–H and O–H groups in total. The molecule has 0 atom stereocenters. The molecule has 0 spiro atoms. The molecule has 21 heavy (non-hydrogen) atoms. The third-order valence-corrected chi connectivity index (χ3v) is 3.31. The van der Waals surface area contributed by atoms with Gasteiger partial charge < -0.3 is 15.7 Å². The van der Waals surface area contributed by atoms with E-state index in [0.717, 1.165) is 11.4 Å². The number of aromatic nitrogens is 3. The minimum atomic E-state index is 0.485. The summed E-state index contributed by atoms with van der Waals surface area (Å²) in [6.07, 6.45) is 5.14. The molecule has 2 heterocycles. The molecule has 0 unspecified atom stereocenters. The molecule has 0 fully saturated rings. The fourth-order valence-electron chi connectivity index (χ4n) is 1.94. The van der Waals surface area contributed by atoms with Crippen molar-refractivity contribution in [2.24, 2.45) is 5.84 Å². The molecule has 1 aromatic carbocycles. The highest BCUT2D eigenvalue weighted by Crippen LogP contribution is 2.24. The Labute approximate surface area is 126 Å². The van der Waals surface area contributed by atoms with E-state index in [0.29, 0.717) is 22.1 Å². The summed E-state index contributed by atoms with van der Waals surface area (Å²) in [5.41, 5.74) is 11.8. The molecule has 3 aromatic rings. The first-order valence-corrected chi connectivity index (χ1v) is 6.57. The van der Waals surface area contributed by atoms with Crippen molar-refractivity contribution >= 4 is 23.0 Å². The summed E-state index contributed by atoms with van der Waals surface area (Å²) in [4.78, 5) is 8.61. The molecule has 6 nitrogen and oxygen atoms in total. The summed E-state index contributed by atoms with van der Waals surface area (Å²) in [5.74, 6) is 5.41. The Kier molecular flexibility index (Phi) is 3.47. The van der Waals surface area contributed by atoms with Gasteiger partial charge in [-0.1, -0.05) is 11.6 Å². The number of benzene rings is 1. The number of halogens is 1. The van der Waals surface area contributed by atoms with Crippen molar-refractivity contribution in [3.63, 3.8) is 0 Å². The van der Waals surface area contributed by atoms with Crippen LogP contribution in [-0.4, -0.2) is 14.5 Å². The topological polar surface area (TPSA) is 94.8 Å². The van der Waals surface area contributed by atoms with Crippen LogP contribution in [0.1, 0.15) is 0 Å². The molecule has 0 saturated carbocycles. The van der Waals surface area contributed by atoms with Crippen LogP contribution in [0.3, 0.4) is 0 Å². The summed E-state index contributed by atoms with van der Waals surface area (Å²) >= 11 is 5.88. The van der Waals surface area contributed by atoms with Gasteiger partial charge >= 0.3 is 0 Å². The maximum absolute atomic E-state index is 5.88. The van der Waals surface area contributed by atoms with Crippen molar-refractivity contribution in [1.82, 2.24) is 14.5 Å². The van der Waals surface area contributed by atoms with Gasteiger partial charge in [0.25, 0.3) is 0 Å². The van der Waals surface area contributed by atoms with E-state index in [9.17, 15) is 0 Å². The molecular formula is C14H13ClN6. The highest BCUT2D eigenvalue weighted by molar-refractivity contribution is 6.30. The fraction of sp³-hybridized carbons (Fsp3) is 0. The van der Waals surface area contributed by atoms with Gasteiger partial charge in [-0.3, -0.25) is 10.8 Å². The first-order valence-electron chi connectivity index (χ1n) is 6.20. The predicted molar refractivity (Wildman–Crippen MR) is 84.0 cm³/mol. The molecule has 0 saturated heterocycles. The monoisotopic (exact) mass is 300 g/mol. The second kappa shape index (κ2) is 5.43. The van der Waals surface area contributed by atoms with E-state index < -0.39 is 0 Å². The number of pyridine rings is 1. The molecule has 0 aliphatic rings. The van der Waals surface area contributed by atoms with Crippen molar-refractivity contribution in [3.05, 3.63) is 54.1 Å². The molecule has 0 bridgehead atoms. The summed E-state index contributed by atoms with van der Waals surface area (Å²) in [7, 11) is 0. The van der Waals surface area contributed by atoms with Gasteiger partial charge in [-0.05, 0) is 30.3 Å². The quantitative estimate of drug-likeness (QED) is 0.510. The van der Waals surface area contributed by atoms with Crippen molar-refractivity contribution < 1.29 is 0 Å². The van der Waals surface area contributed by atoms with Gasteiger partial charge in [0.15, 0.2) is 0 Å². The lowest BCUT2D eigenvalue weighted by molar-refractivity contribution is 1.06. The average Bonchev–Trinajstić information content (AvgIpc) is 2.98. The Morgan fingerprint density at radius 2 is 1.86 bits per heavy atom. The van der Waals surface area contributed by atoms with Gasteiger partial charge in [-0.2, -0.15) is 0 Å². The number of hydrazine groups is 1. The number of nitrogens with zero attached hydrogens (tertiary/aromatic N) is 3. The highest BCUT2D eigenvalue weighted by atomic mass is 35.5. The fourth-order valence-corrected chi connectivity index (χ4v) is 2.07. The third kappa shape index (κ3) is 2.67. The maximum atomic E-state index is 5.88. The Balaban J connectivity index is 1.96. The standard InChI is InChI=1S/C14H13ClN6/c15-9-1-3-10(4-2-9)21-7-14(19-8-21)13-5-12(20-17)11(16)6-18-13/h1-8H,16-17H2,(H,18,20). The molecule has 0 aliphatic heterocycles. The van der Waals surface area contributed by atoms with Crippen molar-refractivity contribution in [2.45, 2.75) is 0 Å². The molecular weight excluding hydrogens is 288 g/mol. The third-order valence-electron chi connectivity index (χ3n) is 3.06. The molecule has 2 aromatic heterocycles. The van der Waals surface area contributed by atoms with Crippen LogP contribution in [0.2, 0.25) is 5.02 Å².